The largest absolute Gasteiger partial charge is 0.519 e. The number of allylic oxidation sites excluding steroid dienone is 1. The monoisotopic (exact) mass is 498 g/mol. The van der Waals surface area contributed by atoms with E-state index in [1.54, 1.807) is 6.08 Å². The lowest BCUT2D eigenvalue weighted by molar-refractivity contribution is 0.662. The van der Waals surface area contributed by atoms with Gasteiger partial charge in [-0.2, -0.15) is 30.7 Å². The molecule has 0 radical (unpaired) electrons. The normalized spacial score (nSPS) is 9.21. The maximum absolute atomic E-state index is 9.10. The summed E-state index contributed by atoms with van der Waals surface area (Å²) in [4.78, 5) is 10.7. The van der Waals surface area contributed by atoms with Crippen molar-refractivity contribution >= 4 is 23.5 Å². The third kappa shape index (κ3) is 9.25. The lowest BCUT2D eigenvalue weighted by atomic mass is 10.1. The second-order valence-electron chi connectivity index (χ2n) is 8.19. The summed E-state index contributed by atoms with van der Waals surface area (Å²) in [7, 11) is 0. The predicted molar refractivity (Wildman–Crippen MR) is 147 cm³/mol. The number of anilines is 2. The number of rotatable bonds is 13. The second-order valence-corrected chi connectivity index (χ2v) is 8.19. The first-order valence-electron chi connectivity index (χ1n) is 12.0. The number of hydrogen-bond acceptors (Lipinski definition) is 6. The lowest BCUT2D eigenvalue weighted by Gasteiger charge is -2.26. The average molecular weight is 499 g/mol. The van der Waals surface area contributed by atoms with Crippen LogP contribution in [0.4, 0.5) is 11.4 Å². The van der Waals surface area contributed by atoms with E-state index in [0.29, 0.717) is 25.9 Å². The molecule has 2 aromatic rings. The maximum atomic E-state index is 9.10. The Bertz CT molecular complexity index is 1230. The third-order valence-electron chi connectivity index (χ3n) is 5.69. The van der Waals surface area contributed by atoms with Crippen LogP contribution in [0.15, 0.2) is 59.9 Å². The molecule has 0 atom stereocenters. The van der Waals surface area contributed by atoms with Crippen molar-refractivity contribution in [3.8, 4) is 24.3 Å². The minimum absolute atomic E-state index is 0.0141. The standard InChI is InChI=1S/C30H26N8/c1-35-30(36-2)22-26-9-13-29(14-10-26)38(20-6-16-32)18-4-3-17-37(19-5-15-31)28-11-7-25(8-12-28)21-27(23-33)24-34/h7-14,21-22H,3-6,17-20H2. The molecule has 0 unspecified atom stereocenters. The van der Waals surface area contributed by atoms with Gasteiger partial charge in [-0.15, -0.1) is 0 Å². The van der Waals surface area contributed by atoms with Gasteiger partial charge in [-0.1, -0.05) is 24.3 Å². The molecule has 0 bridgehead atoms. The molecular formula is C30H26N8. The van der Waals surface area contributed by atoms with Crippen LogP contribution in [0, 0.1) is 58.5 Å². The molecular weight excluding hydrogens is 472 g/mol. The van der Waals surface area contributed by atoms with Crippen LogP contribution >= 0.6 is 0 Å². The molecule has 0 spiro atoms. The van der Waals surface area contributed by atoms with Crippen molar-refractivity contribution in [2.24, 2.45) is 0 Å². The van der Waals surface area contributed by atoms with Gasteiger partial charge in [0, 0.05) is 43.6 Å². The lowest BCUT2D eigenvalue weighted by Crippen LogP contribution is -2.28. The van der Waals surface area contributed by atoms with Gasteiger partial charge in [0.1, 0.15) is 30.9 Å². The average Bonchev–Trinajstić information content (AvgIpc) is 2.96. The quantitative estimate of drug-likeness (QED) is 0.185. The van der Waals surface area contributed by atoms with Crippen molar-refractivity contribution in [3.05, 3.63) is 93.9 Å². The Morgan fingerprint density at radius 2 is 1.08 bits per heavy atom. The summed E-state index contributed by atoms with van der Waals surface area (Å²) in [5, 5.41) is 36.1. The Balaban J connectivity index is 2.04. The third-order valence-corrected chi connectivity index (χ3v) is 5.69. The van der Waals surface area contributed by atoms with E-state index in [0.717, 1.165) is 48.4 Å². The van der Waals surface area contributed by atoms with Gasteiger partial charge < -0.3 is 9.80 Å². The van der Waals surface area contributed by atoms with Crippen LogP contribution in [0.2, 0.25) is 0 Å². The fourth-order valence-electron chi connectivity index (χ4n) is 3.77. The van der Waals surface area contributed by atoms with Gasteiger partial charge >= 0.3 is 5.82 Å². The fraction of sp³-hybridized carbons (Fsp3) is 0.267. The Hall–Kier alpha value is -5.54. The molecule has 0 N–H and O–H groups in total. The second kappa shape index (κ2) is 16.2. The number of nitrogens with zero attached hydrogens (tertiary/aromatic N) is 8. The molecule has 8 heteroatoms. The number of nitriles is 4. The van der Waals surface area contributed by atoms with Crippen LogP contribution in [0.1, 0.15) is 36.8 Å². The van der Waals surface area contributed by atoms with Crippen LogP contribution in [0.5, 0.6) is 0 Å². The van der Waals surface area contributed by atoms with Crippen molar-refractivity contribution in [1.82, 2.24) is 0 Å². The molecule has 38 heavy (non-hydrogen) atoms. The molecule has 0 amide bonds. The van der Waals surface area contributed by atoms with Crippen molar-refractivity contribution in [2.75, 3.05) is 36.0 Å². The summed E-state index contributed by atoms with van der Waals surface area (Å²) in [6, 6.07) is 23.3. The molecule has 0 saturated heterocycles. The Morgan fingerprint density at radius 3 is 1.45 bits per heavy atom. The predicted octanol–water partition coefficient (Wildman–Crippen LogP) is 6.17. The highest BCUT2D eigenvalue weighted by atomic mass is 15.1. The van der Waals surface area contributed by atoms with E-state index in [1.807, 2.05) is 60.7 Å². The summed E-state index contributed by atoms with van der Waals surface area (Å²) >= 11 is 0. The zero-order valence-corrected chi connectivity index (χ0v) is 21.0. The molecule has 0 aliphatic rings. The summed E-state index contributed by atoms with van der Waals surface area (Å²) in [6.45, 7) is 16.7. The number of unbranched alkanes of at least 4 members (excludes halogenated alkanes) is 1. The Kier molecular flexibility index (Phi) is 12.2. The van der Waals surface area contributed by atoms with Gasteiger partial charge in [0.15, 0.2) is 0 Å². The highest BCUT2D eigenvalue weighted by molar-refractivity contribution is 5.64. The highest BCUT2D eigenvalue weighted by Gasteiger charge is 2.10. The van der Waals surface area contributed by atoms with Crippen molar-refractivity contribution in [3.63, 3.8) is 0 Å². The minimum atomic E-state index is 0.0141. The summed E-state index contributed by atoms with van der Waals surface area (Å²) in [6.07, 6.45) is 5.64. The van der Waals surface area contributed by atoms with E-state index in [4.69, 9.17) is 34.2 Å². The van der Waals surface area contributed by atoms with Crippen LogP contribution in [0.25, 0.3) is 21.8 Å². The zero-order valence-electron chi connectivity index (χ0n) is 21.0. The molecule has 0 aliphatic heterocycles. The molecule has 0 aliphatic carbocycles. The SMILES string of the molecule is [C-]#[N+]C(=Cc1ccc(N(CCC#N)CCCCN(CCC#N)c2ccc(C=C(C#N)C#N)cc2)cc1)[N+]#[C-]. The molecule has 0 heterocycles. The first-order chi connectivity index (χ1) is 18.6. The zero-order chi connectivity index (χ0) is 27.6. The van der Waals surface area contributed by atoms with E-state index < -0.39 is 0 Å². The summed E-state index contributed by atoms with van der Waals surface area (Å²) in [5.41, 5.74) is 3.53. The van der Waals surface area contributed by atoms with Crippen LogP contribution in [0.3, 0.4) is 0 Å². The van der Waals surface area contributed by atoms with Gasteiger partial charge in [-0.3, -0.25) is 0 Å². The Morgan fingerprint density at radius 1 is 0.658 bits per heavy atom. The van der Waals surface area contributed by atoms with Gasteiger partial charge in [0.2, 0.25) is 0 Å². The topological polar surface area (TPSA) is 110 Å². The number of hydrogen-bond donors (Lipinski definition) is 0. The van der Waals surface area contributed by atoms with Crippen LogP contribution in [-0.4, -0.2) is 26.2 Å². The minimum Gasteiger partial charge on any atom is -0.371 e. The molecule has 2 rings (SSSR count). The summed E-state index contributed by atoms with van der Waals surface area (Å²) in [5.74, 6) is 0.0141. The van der Waals surface area contributed by atoms with E-state index >= 15 is 0 Å². The molecule has 2 aromatic carbocycles. The van der Waals surface area contributed by atoms with Crippen molar-refractivity contribution in [1.29, 1.82) is 21.0 Å². The Labute approximate surface area is 224 Å². The molecule has 8 nitrogen and oxygen atoms in total. The fourth-order valence-corrected chi connectivity index (χ4v) is 3.77. The highest BCUT2D eigenvalue weighted by Crippen LogP contribution is 2.21. The van der Waals surface area contributed by atoms with E-state index in [1.165, 1.54) is 6.08 Å². The van der Waals surface area contributed by atoms with E-state index in [-0.39, 0.29) is 11.4 Å². The van der Waals surface area contributed by atoms with E-state index in [9.17, 15) is 0 Å². The first kappa shape index (κ1) is 28.7. The van der Waals surface area contributed by atoms with Crippen LogP contribution < -0.4 is 9.80 Å². The maximum Gasteiger partial charge on any atom is 0.519 e. The molecule has 186 valence electrons. The molecule has 0 saturated carbocycles. The van der Waals surface area contributed by atoms with E-state index in [2.05, 4.69) is 31.6 Å². The number of benzene rings is 2. The van der Waals surface area contributed by atoms with Crippen LogP contribution in [-0.2, 0) is 0 Å². The van der Waals surface area contributed by atoms with Gasteiger partial charge in [0.25, 0.3) is 0 Å². The van der Waals surface area contributed by atoms with Gasteiger partial charge in [0.05, 0.1) is 25.0 Å². The molecule has 0 aromatic heterocycles. The molecule has 0 fully saturated rings. The summed E-state index contributed by atoms with van der Waals surface area (Å²) < 4.78 is 0. The van der Waals surface area contributed by atoms with Crippen molar-refractivity contribution in [2.45, 2.75) is 25.7 Å². The first-order valence-corrected chi connectivity index (χ1v) is 12.0. The van der Waals surface area contributed by atoms with Gasteiger partial charge in [-0.25, -0.2) is 0 Å². The smallest absolute Gasteiger partial charge is 0.371 e. The van der Waals surface area contributed by atoms with Gasteiger partial charge in [-0.05, 0) is 54.3 Å². The van der Waals surface area contributed by atoms with Crippen molar-refractivity contribution < 1.29 is 0 Å².